The topological polar surface area (TPSA) is 39.2 Å². The number of benzene rings is 1. The summed E-state index contributed by atoms with van der Waals surface area (Å²) in [6.45, 7) is 2.41. The molecule has 3 nitrogen and oxygen atoms in total. The van der Waals surface area contributed by atoms with Crippen LogP contribution >= 0.6 is 0 Å². The summed E-state index contributed by atoms with van der Waals surface area (Å²) in [5.74, 6) is 0.575. The van der Waals surface area contributed by atoms with Crippen LogP contribution in [0.3, 0.4) is 0 Å². The van der Waals surface area contributed by atoms with Crippen LogP contribution in [0.15, 0.2) is 30.5 Å². The number of fused-ring (bicyclic) bond motifs is 1. The van der Waals surface area contributed by atoms with E-state index < -0.39 is 0 Å². The minimum absolute atomic E-state index is 0.524. The smallest absolute Gasteiger partial charge is 0.155 e. The van der Waals surface area contributed by atoms with Crippen molar-refractivity contribution in [2.75, 3.05) is 6.61 Å². The highest BCUT2D eigenvalue weighted by Gasteiger charge is 2.08. The Kier molecular flexibility index (Phi) is 2.63. The lowest BCUT2D eigenvalue weighted by Gasteiger charge is -2.08. The largest absolute Gasteiger partial charge is 0.491 e. The molecule has 1 aromatic heterocycles. The van der Waals surface area contributed by atoms with E-state index in [1.807, 2.05) is 25.1 Å². The molecule has 3 heteroatoms. The zero-order valence-electron chi connectivity index (χ0n) is 8.43. The van der Waals surface area contributed by atoms with Crippen LogP contribution < -0.4 is 4.74 Å². The molecule has 0 N–H and O–H groups in total. The monoisotopic (exact) mass is 201 g/mol. The zero-order valence-corrected chi connectivity index (χ0v) is 8.43. The van der Waals surface area contributed by atoms with Gasteiger partial charge >= 0.3 is 0 Å². The van der Waals surface area contributed by atoms with Crippen molar-refractivity contribution in [2.45, 2.75) is 6.92 Å². The van der Waals surface area contributed by atoms with Crippen LogP contribution in [-0.4, -0.2) is 17.9 Å². The molecule has 0 atom stereocenters. The molecule has 0 spiro atoms. The molecule has 0 aliphatic heterocycles. The van der Waals surface area contributed by atoms with Gasteiger partial charge in [0, 0.05) is 11.6 Å². The summed E-state index contributed by atoms with van der Waals surface area (Å²) < 4.78 is 5.45. The molecule has 0 fully saturated rings. The first-order chi connectivity index (χ1) is 7.36. The van der Waals surface area contributed by atoms with E-state index in [2.05, 4.69) is 4.98 Å². The van der Waals surface area contributed by atoms with Crippen molar-refractivity contribution in [1.82, 2.24) is 4.98 Å². The molecule has 1 heterocycles. The van der Waals surface area contributed by atoms with Crippen LogP contribution in [0, 0.1) is 0 Å². The van der Waals surface area contributed by atoms with Crippen molar-refractivity contribution in [1.29, 1.82) is 0 Å². The van der Waals surface area contributed by atoms with Gasteiger partial charge in [0.25, 0.3) is 0 Å². The summed E-state index contributed by atoms with van der Waals surface area (Å²) in [6.07, 6.45) is 2.48. The number of nitrogens with zero attached hydrogens (tertiary/aromatic N) is 1. The molecule has 0 amide bonds. The van der Waals surface area contributed by atoms with E-state index in [9.17, 15) is 4.79 Å². The first-order valence-electron chi connectivity index (χ1n) is 4.82. The Morgan fingerprint density at radius 2 is 2.27 bits per heavy atom. The molecule has 0 radical (unpaired) electrons. The average Bonchev–Trinajstić information content (AvgIpc) is 2.30. The number of ether oxygens (including phenoxy) is 1. The summed E-state index contributed by atoms with van der Waals surface area (Å²) >= 11 is 0. The van der Waals surface area contributed by atoms with Crippen LogP contribution in [0.2, 0.25) is 0 Å². The predicted molar refractivity (Wildman–Crippen MR) is 58.3 cm³/mol. The standard InChI is InChI=1S/C12H11NO2/c1-2-15-12-10(8-14)6-5-9-4-3-7-13-11(9)12/h3-8H,2H2,1H3. The van der Waals surface area contributed by atoms with Crippen molar-refractivity contribution in [3.05, 3.63) is 36.0 Å². The van der Waals surface area contributed by atoms with Crippen molar-refractivity contribution in [2.24, 2.45) is 0 Å². The van der Waals surface area contributed by atoms with Gasteiger partial charge in [0.05, 0.1) is 12.2 Å². The van der Waals surface area contributed by atoms with Gasteiger partial charge in [0.1, 0.15) is 5.52 Å². The highest BCUT2D eigenvalue weighted by Crippen LogP contribution is 2.26. The fourth-order valence-electron chi connectivity index (χ4n) is 1.52. The summed E-state index contributed by atoms with van der Waals surface area (Å²) in [4.78, 5) is 15.1. The molecule has 0 saturated heterocycles. The second-order valence-electron chi connectivity index (χ2n) is 3.11. The third kappa shape index (κ3) is 1.68. The highest BCUT2D eigenvalue weighted by molar-refractivity contribution is 5.93. The van der Waals surface area contributed by atoms with Crippen LogP contribution in [0.1, 0.15) is 17.3 Å². The third-order valence-corrected chi connectivity index (χ3v) is 2.17. The van der Waals surface area contributed by atoms with E-state index in [0.717, 1.165) is 17.2 Å². The van der Waals surface area contributed by atoms with Crippen LogP contribution in [0.5, 0.6) is 5.75 Å². The van der Waals surface area contributed by atoms with E-state index in [-0.39, 0.29) is 0 Å². The lowest BCUT2D eigenvalue weighted by molar-refractivity contribution is 0.112. The van der Waals surface area contributed by atoms with Crippen LogP contribution in [0.4, 0.5) is 0 Å². The Hall–Kier alpha value is -1.90. The number of pyridine rings is 1. The van der Waals surface area contributed by atoms with Gasteiger partial charge in [-0.25, -0.2) is 0 Å². The molecule has 0 aliphatic carbocycles. The maximum absolute atomic E-state index is 10.8. The predicted octanol–water partition coefficient (Wildman–Crippen LogP) is 2.45. The second kappa shape index (κ2) is 4.09. The maximum atomic E-state index is 10.8. The average molecular weight is 201 g/mol. The Labute approximate surface area is 87.7 Å². The molecule has 2 rings (SSSR count). The number of aldehydes is 1. The molecule has 0 saturated carbocycles. The third-order valence-electron chi connectivity index (χ3n) is 2.17. The van der Waals surface area contributed by atoms with E-state index in [1.54, 1.807) is 12.3 Å². The van der Waals surface area contributed by atoms with E-state index >= 15 is 0 Å². The van der Waals surface area contributed by atoms with Crippen molar-refractivity contribution in [3.8, 4) is 5.75 Å². The SMILES string of the molecule is CCOc1c(C=O)ccc2cccnc12. The first-order valence-corrected chi connectivity index (χ1v) is 4.82. The molecule has 0 aliphatic rings. The first kappa shape index (κ1) is 9.65. The second-order valence-corrected chi connectivity index (χ2v) is 3.11. The summed E-state index contributed by atoms with van der Waals surface area (Å²) in [7, 11) is 0. The minimum atomic E-state index is 0.524. The molecule has 76 valence electrons. The molecule has 0 unspecified atom stereocenters. The number of rotatable bonds is 3. The Balaban J connectivity index is 2.72. The number of carbonyl (C=O) groups is 1. The zero-order chi connectivity index (χ0) is 10.7. The highest BCUT2D eigenvalue weighted by atomic mass is 16.5. The molecule has 1 aromatic carbocycles. The van der Waals surface area contributed by atoms with Gasteiger partial charge in [-0.3, -0.25) is 9.78 Å². The number of carbonyl (C=O) groups excluding carboxylic acids is 1. The van der Waals surface area contributed by atoms with E-state index in [0.29, 0.717) is 17.9 Å². The molecular formula is C12H11NO2. The number of hydrogen-bond acceptors (Lipinski definition) is 3. The van der Waals surface area contributed by atoms with Gasteiger partial charge in [-0.1, -0.05) is 12.1 Å². The molecule has 15 heavy (non-hydrogen) atoms. The van der Waals surface area contributed by atoms with Crippen molar-refractivity contribution < 1.29 is 9.53 Å². The fourth-order valence-corrected chi connectivity index (χ4v) is 1.52. The summed E-state index contributed by atoms with van der Waals surface area (Å²) in [5, 5.41) is 0.978. The lowest BCUT2D eigenvalue weighted by Crippen LogP contribution is -1.97. The van der Waals surface area contributed by atoms with Gasteiger partial charge < -0.3 is 4.74 Å². The fraction of sp³-hybridized carbons (Fsp3) is 0.167. The van der Waals surface area contributed by atoms with Gasteiger partial charge in [0.2, 0.25) is 0 Å². The minimum Gasteiger partial charge on any atom is -0.491 e. The molecule has 2 aromatic rings. The van der Waals surface area contributed by atoms with Gasteiger partial charge in [-0.2, -0.15) is 0 Å². The number of hydrogen-bond donors (Lipinski definition) is 0. The van der Waals surface area contributed by atoms with Gasteiger partial charge in [0.15, 0.2) is 12.0 Å². The van der Waals surface area contributed by atoms with Gasteiger partial charge in [-0.05, 0) is 19.1 Å². The Bertz CT molecular complexity index is 494. The quantitative estimate of drug-likeness (QED) is 0.716. The van der Waals surface area contributed by atoms with Gasteiger partial charge in [-0.15, -0.1) is 0 Å². The van der Waals surface area contributed by atoms with Crippen molar-refractivity contribution >= 4 is 17.2 Å². The number of aromatic nitrogens is 1. The lowest BCUT2D eigenvalue weighted by atomic mass is 10.1. The van der Waals surface area contributed by atoms with Crippen molar-refractivity contribution in [3.63, 3.8) is 0 Å². The normalized spacial score (nSPS) is 10.2. The maximum Gasteiger partial charge on any atom is 0.155 e. The Morgan fingerprint density at radius 1 is 1.40 bits per heavy atom. The van der Waals surface area contributed by atoms with E-state index in [4.69, 9.17) is 4.74 Å². The summed E-state index contributed by atoms with van der Waals surface area (Å²) in [5.41, 5.74) is 1.28. The van der Waals surface area contributed by atoms with E-state index in [1.165, 1.54) is 0 Å². The molecule has 0 bridgehead atoms. The van der Waals surface area contributed by atoms with Crippen LogP contribution in [0.25, 0.3) is 10.9 Å². The molecular weight excluding hydrogens is 190 g/mol. The van der Waals surface area contributed by atoms with Crippen LogP contribution in [-0.2, 0) is 0 Å². The Morgan fingerprint density at radius 3 is 3.00 bits per heavy atom. The summed E-state index contributed by atoms with van der Waals surface area (Å²) in [6, 6.07) is 7.43.